The van der Waals surface area contributed by atoms with Crippen LogP contribution in [0.15, 0.2) is 12.2 Å². The molecule has 6 unspecified atom stereocenters. The Balaban J connectivity index is 2.56. The van der Waals surface area contributed by atoms with E-state index in [4.69, 9.17) is 18.9 Å². The predicted octanol–water partition coefficient (Wildman–Crippen LogP) is 5.94. The molecule has 49 heavy (non-hydrogen) atoms. The second-order valence-corrected chi connectivity index (χ2v) is 14.7. The summed E-state index contributed by atoms with van der Waals surface area (Å²) in [5.74, 6) is -1.99. The highest BCUT2D eigenvalue weighted by Crippen LogP contribution is 2.24. The van der Waals surface area contributed by atoms with Crippen LogP contribution in [0.4, 0.5) is 0 Å². The third kappa shape index (κ3) is 23.5. The SMILES string of the molecule is CCCCC/C=C\CCCCCCCC(=O)OC(COC(=O)CCCCCCCCCCC)COC1OC(CS(=O)(=O)O)C(O)C(O)C1O. The van der Waals surface area contributed by atoms with Crippen molar-refractivity contribution >= 4 is 22.1 Å². The van der Waals surface area contributed by atoms with Crippen molar-refractivity contribution in [2.75, 3.05) is 19.0 Å². The Bertz CT molecular complexity index is 989. The van der Waals surface area contributed by atoms with Crippen molar-refractivity contribution in [3.05, 3.63) is 12.2 Å². The molecular weight excluding hydrogens is 656 g/mol. The fourth-order valence-corrected chi connectivity index (χ4v) is 6.30. The Morgan fingerprint density at radius 3 is 1.73 bits per heavy atom. The van der Waals surface area contributed by atoms with E-state index in [9.17, 15) is 37.9 Å². The quantitative estimate of drug-likeness (QED) is 0.0296. The van der Waals surface area contributed by atoms with E-state index in [2.05, 4.69) is 26.0 Å². The molecule has 1 rings (SSSR count). The summed E-state index contributed by atoms with van der Waals surface area (Å²) in [6.45, 7) is 3.67. The average Bonchev–Trinajstić information content (AvgIpc) is 3.05. The maximum absolute atomic E-state index is 12.7. The molecule has 1 aliphatic heterocycles. The van der Waals surface area contributed by atoms with Gasteiger partial charge in [-0.15, -0.1) is 0 Å². The number of aliphatic hydroxyl groups is 3. The van der Waals surface area contributed by atoms with Gasteiger partial charge < -0.3 is 34.3 Å². The molecule has 4 N–H and O–H groups in total. The van der Waals surface area contributed by atoms with Gasteiger partial charge in [-0.2, -0.15) is 8.42 Å². The molecule has 0 aromatic heterocycles. The maximum Gasteiger partial charge on any atom is 0.306 e. The Kier molecular flexibility index (Phi) is 26.0. The first-order valence-electron chi connectivity index (χ1n) is 18.7. The number of rotatable bonds is 30. The lowest BCUT2D eigenvalue weighted by atomic mass is 10.00. The number of hydrogen-bond donors (Lipinski definition) is 4. The zero-order valence-electron chi connectivity index (χ0n) is 30.1. The summed E-state index contributed by atoms with van der Waals surface area (Å²) in [4.78, 5) is 25.1. The van der Waals surface area contributed by atoms with Crippen LogP contribution in [0, 0.1) is 0 Å². The first-order valence-corrected chi connectivity index (χ1v) is 20.4. The molecule has 0 saturated carbocycles. The second kappa shape index (κ2) is 28.0. The van der Waals surface area contributed by atoms with Gasteiger partial charge in [-0.25, -0.2) is 0 Å². The average molecular weight is 723 g/mol. The highest BCUT2D eigenvalue weighted by molar-refractivity contribution is 7.85. The van der Waals surface area contributed by atoms with Crippen LogP contribution in [-0.2, 0) is 38.7 Å². The highest BCUT2D eigenvalue weighted by atomic mass is 32.2. The number of allylic oxidation sites excluding steroid dienone is 2. The van der Waals surface area contributed by atoms with E-state index in [0.29, 0.717) is 12.8 Å². The molecule has 0 aromatic rings. The number of esters is 2. The molecule has 1 fully saturated rings. The van der Waals surface area contributed by atoms with Crippen LogP contribution in [0.2, 0.25) is 0 Å². The molecule has 1 aliphatic rings. The molecular formula is C36H66O12S. The largest absolute Gasteiger partial charge is 0.462 e. The van der Waals surface area contributed by atoms with Gasteiger partial charge in [-0.3, -0.25) is 14.1 Å². The van der Waals surface area contributed by atoms with Crippen LogP contribution >= 0.6 is 0 Å². The van der Waals surface area contributed by atoms with Crippen LogP contribution in [-0.4, -0.2) is 96.0 Å². The van der Waals surface area contributed by atoms with Gasteiger partial charge in [0.05, 0.1) is 6.61 Å². The number of aliphatic hydroxyl groups excluding tert-OH is 3. The molecule has 13 heteroatoms. The number of carbonyl (C=O) groups excluding carboxylic acids is 2. The lowest BCUT2D eigenvalue weighted by Gasteiger charge is -2.40. The normalized spacial score (nSPS) is 22.0. The fourth-order valence-electron chi connectivity index (χ4n) is 5.61. The van der Waals surface area contributed by atoms with Gasteiger partial charge in [0.2, 0.25) is 0 Å². The molecule has 6 atom stereocenters. The molecule has 0 amide bonds. The third-order valence-electron chi connectivity index (χ3n) is 8.60. The number of hydrogen-bond acceptors (Lipinski definition) is 11. The summed E-state index contributed by atoms with van der Waals surface area (Å²) in [5.41, 5.74) is 0. The minimum absolute atomic E-state index is 0.157. The van der Waals surface area contributed by atoms with Crippen molar-refractivity contribution in [3.63, 3.8) is 0 Å². The van der Waals surface area contributed by atoms with E-state index in [1.54, 1.807) is 0 Å². The van der Waals surface area contributed by atoms with Crippen LogP contribution in [0.3, 0.4) is 0 Å². The van der Waals surface area contributed by atoms with Crippen molar-refractivity contribution in [1.29, 1.82) is 0 Å². The van der Waals surface area contributed by atoms with Crippen LogP contribution in [0.25, 0.3) is 0 Å². The summed E-state index contributed by atoms with van der Waals surface area (Å²) in [7, 11) is -4.59. The molecule has 288 valence electrons. The molecule has 0 spiro atoms. The number of carbonyl (C=O) groups is 2. The van der Waals surface area contributed by atoms with E-state index in [1.165, 1.54) is 51.4 Å². The van der Waals surface area contributed by atoms with Crippen molar-refractivity contribution in [1.82, 2.24) is 0 Å². The van der Waals surface area contributed by atoms with E-state index < -0.39 is 71.2 Å². The molecule has 0 aliphatic carbocycles. The molecule has 0 bridgehead atoms. The predicted molar refractivity (Wildman–Crippen MR) is 187 cm³/mol. The van der Waals surface area contributed by atoms with Crippen LogP contribution in [0.5, 0.6) is 0 Å². The Morgan fingerprint density at radius 1 is 0.673 bits per heavy atom. The molecule has 12 nitrogen and oxygen atoms in total. The summed E-state index contributed by atoms with van der Waals surface area (Å²) < 4.78 is 53.7. The van der Waals surface area contributed by atoms with Gasteiger partial charge in [0, 0.05) is 12.8 Å². The highest BCUT2D eigenvalue weighted by Gasteiger charge is 2.46. The van der Waals surface area contributed by atoms with Gasteiger partial charge >= 0.3 is 11.9 Å². The topological polar surface area (TPSA) is 186 Å². The Hall–Kier alpha value is -1.61. The lowest BCUT2D eigenvalue weighted by Crippen LogP contribution is -2.60. The number of ether oxygens (including phenoxy) is 4. The summed E-state index contributed by atoms with van der Waals surface area (Å²) in [6, 6.07) is 0. The van der Waals surface area contributed by atoms with Gasteiger partial charge in [0.1, 0.15) is 36.8 Å². The van der Waals surface area contributed by atoms with Crippen molar-refractivity contribution < 1.29 is 56.8 Å². The van der Waals surface area contributed by atoms with Crippen LogP contribution < -0.4 is 0 Å². The molecule has 1 heterocycles. The minimum atomic E-state index is -4.59. The minimum Gasteiger partial charge on any atom is -0.462 e. The molecule has 0 radical (unpaired) electrons. The van der Waals surface area contributed by atoms with Crippen molar-refractivity contribution in [2.24, 2.45) is 0 Å². The van der Waals surface area contributed by atoms with Crippen LogP contribution in [0.1, 0.15) is 149 Å². The van der Waals surface area contributed by atoms with Gasteiger partial charge in [-0.05, 0) is 38.5 Å². The van der Waals surface area contributed by atoms with E-state index in [0.717, 1.165) is 57.8 Å². The smallest absolute Gasteiger partial charge is 0.306 e. The first-order chi connectivity index (χ1) is 23.5. The summed E-state index contributed by atoms with van der Waals surface area (Å²) in [6.07, 6.45) is 15.7. The lowest BCUT2D eigenvalue weighted by molar-refractivity contribution is -0.297. The molecule has 1 saturated heterocycles. The standard InChI is InChI=1S/C36H66O12S/c1-3-5-7-9-11-13-14-15-17-19-21-23-25-32(38)47-29(26-45-31(37)24-22-20-18-16-12-10-8-6-4-2)27-46-36-35(41)34(40)33(39)30(48-36)28-49(42,43)44/h11,13,29-30,33-36,39-41H,3-10,12,14-28H2,1-2H3,(H,42,43,44)/b13-11-. The van der Waals surface area contributed by atoms with Crippen molar-refractivity contribution in [2.45, 2.75) is 185 Å². The molecule has 0 aromatic carbocycles. The number of unbranched alkanes of at least 4 members (excludes halogenated alkanes) is 16. The monoisotopic (exact) mass is 722 g/mol. The first kappa shape index (κ1) is 45.4. The van der Waals surface area contributed by atoms with Gasteiger partial charge in [0.25, 0.3) is 10.1 Å². The second-order valence-electron chi connectivity index (χ2n) is 13.2. The maximum atomic E-state index is 12.7. The Labute approximate surface area is 295 Å². The van der Waals surface area contributed by atoms with Gasteiger partial charge in [0.15, 0.2) is 12.4 Å². The van der Waals surface area contributed by atoms with E-state index in [-0.39, 0.29) is 19.4 Å². The van der Waals surface area contributed by atoms with Crippen molar-refractivity contribution in [3.8, 4) is 0 Å². The van der Waals surface area contributed by atoms with E-state index in [1.807, 2.05) is 0 Å². The fraction of sp³-hybridized carbons (Fsp3) is 0.889. The summed E-state index contributed by atoms with van der Waals surface area (Å²) >= 11 is 0. The summed E-state index contributed by atoms with van der Waals surface area (Å²) in [5, 5.41) is 30.7. The van der Waals surface area contributed by atoms with Gasteiger partial charge in [-0.1, -0.05) is 109 Å². The van der Waals surface area contributed by atoms with E-state index >= 15 is 0 Å². The third-order valence-corrected chi connectivity index (χ3v) is 9.35. The zero-order chi connectivity index (χ0) is 36.3. The zero-order valence-corrected chi connectivity index (χ0v) is 30.9. The Morgan fingerprint density at radius 2 is 1.16 bits per heavy atom.